The molecule has 0 saturated heterocycles. The summed E-state index contributed by atoms with van der Waals surface area (Å²) < 4.78 is 30.5. The van der Waals surface area contributed by atoms with Crippen LogP contribution in [-0.2, 0) is 27.9 Å². The molecule has 0 bridgehead atoms. The molecule has 1 N–H and O–H groups in total. The van der Waals surface area contributed by atoms with Gasteiger partial charge in [-0.1, -0.05) is 374 Å². The molecule has 10 heteroatoms. The van der Waals surface area contributed by atoms with Crippen LogP contribution in [0.1, 0.15) is 406 Å². The number of hydrogen-bond donors (Lipinski definition) is 1. The highest BCUT2D eigenvalue weighted by molar-refractivity contribution is 7.45. The molecule has 506 valence electrons. The maximum absolute atomic E-state index is 13.6. The second kappa shape index (κ2) is 65.7. The van der Waals surface area contributed by atoms with Gasteiger partial charge in [-0.3, -0.25) is 14.2 Å². The third-order valence-electron chi connectivity index (χ3n) is 17.7. The van der Waals surface area contributed by atoms with Crippen LogP contribution >= 0.6 is 7.82 Å². The van der Waals surface area contributed by atoms with Gasteiger partial charge in [-0.05, 0) is 31.8 Å². The lowest BCUT2D eigenvalue weighted by atomic mass is 10.0. The van der Waals surface area contributed by atoms with E-state index in [9.17, 15) is 19.0 Å². The van der Waals surface area contributed by atoms with Gasteiger partial charge in [0.25, 0.3) is 7.82 Å². The summed E-state index contributed by atoms with van der Waals surface area (Å²) in [7, 11) is 1.21. The van der Waals surface area contributed by atoms with Gasteiger partial charge in [0.2, 0.25) is 5.91 Å². The van der Waals surface area contributed by atoms with E-state index in [-0.39, 0.29) is 31.5 Å². The lowest BCUT2D eigenvalue weighted by Crippen LogP contribution is -2.47. The third-order valence-corrected chi connectivity index (χ3v) is 18.7. The summed E-state index contributed by atoms with van der Waals surface area (Å²) in [6.07, 6.45) is 79.2. The summed E-state index contributed by atoms with van der Waals surface area (Å²) >= 11 is 0. The van der Waals surface area contributed by atoms with Gasteiger partial charge in [0.15, 0.2) is 0 Å². The van der Waals surface area contributed by atoms with Crippen molar-refractivity contribution in [2.75, 3.05) is 40.9 Å². The number of allylic oxidation sites excluding steroid dienone is 1. The molecule has 0 fully saturated rings. The van der Waals surface area contributed by atoms with Crippen molar-refractivity contribution in [2.24, 2.45) is 0 Å². The van der Waals surface area contributed by atoms with Crippen LogP contribution in [0.2, 0.25) is 0 Å². The zero-order valence-electron chi connectivity index (χ0n) is 58.1. The minimum Gasteiger partial charge on any atom is -0.756 e. The van der Waals surface area contributed by atoms with Gasteiger partial charge in [0.05, 0.1) is 33.8 Å². The Hall–Kier alpha value is -1.25. The normalized spacial score (nSPS) is 13.4. The molecule has 0 aromatic carbocycles. The van der Waals surface area contributed by atoms with Crippen LogP contribution in [0.3, 0.4) is 0 Å². The number of carbonyl (C=O) groups is 2. The first-order chi connectivity index (χ1) is 41.4. The number of phosphoric ester groups is 1. The zero-order chi connectivity index (χ0) is 62.1. The van der Waals surface area contributed by atoms with Crippen LogP contribution in [0.4, 0.5) is 0 Å². The van der Waals surface area contributed by atoms with E-state index < -0.39 is 20.0 Å². The molecule has 9 nitrogen and oxygen atoms in total. The van der Waals surface area contributed by atoms with Gasteiger partial charge in [0, 0.05) is 12.8 Å². The molecule has 0 spiro atoms. The topological polar surface area (TPSA) is 114 Å². The van der Waals surface area contributed by atoms with E-state index >= 15 is 0 Å². The van der Waals surface area contributed by atoms with Gasteiger partial charge in [-0.2, -0.15) is 0 Å². The van der Waals surface area contributed by atoms with Crippen LogP contribution in [0.15, 0.2) is 12.2 Å². The van der Waals surface area contributed by atoms with Crippen molar-refractivity contribution in [1.82, 2.24) is 5.32 Å². The Balaban J connectivity index is 4.95. The Morgan fingerprint density at radius 1 is 0.400 bits per heavy atom. The number of hydrogen-bond acceptors (Lipinski definition) is 7. The fourth-order valence-electron chi connectivity index (χ4n) is 11.9. The van der Waals surface area contributed by atoms with Crippen LogP contribution in [0, 0.1) is 0 Å². The fourth-order valence-corrected chi connectivity index (χ4v) is 12.6. The highest BCUT2D eigenvalue weighted by Gasteiger charge is 2.27. The van der Waals surface area contributed by atoms with Crippen molar-refractivity contribution in [3.05, 3.63) is 12.2 Å². The third kappa shape index (κ3) is 67.0. The standard InChI is InChI=1S/C75H149N2O7P/c1-7-10-13-16-19-22-25-28-30-32-34-35-36-37-38-39-40-41-43-45-47-50-53-56-59-62-65-68-75(79)84-73(66-63-60-57-54-51-48-27-24-21-18-15-12-9-3)72(71-83-85(80,81)82-70-69-77(4,5)6)76-74(78)67-64-61-58-55-52-49-46-44-42-33-31-29-26-23-20-17-14-11-8-2/h63,66,72-73H,7-62,64-65,67-71H2,1-6H3,(H-,76,78,80,81)/b66-63-. The summed E-state index contributed by atoms with van der Waals surface area (Å²) in [6.45, 7) is 6.94. The maximum atomic E-state index is 13.6. The lowest BCUT2D eigenvalue weighted by Gasteiger charge is -2.30. The molecular formula is C75H149N2O7P. The fraction of sp³-hybridized carbons (Fsp3) is 0.947. The van der Waals surface area contributed by atoms with E-state index in [1.807, 2.05) is 33.3 Å². The molecule has 3 atom stereocenters. The second-order valence-corrected chi connectivity index (χ2v) is 28.9. The summed E-state index contributed by atoms with van der Waals surface area (Å²) in [5.41, 5.74) is 0. The van der Waals surface area contributed by atoms with E-state index in [1.165, 1.54) is 315 Å². The van der Waals surface area contributed by atoms with Crippen molar-refractivity contribution in [2.45, 2.75) is 418 Å². The smallest absolute Gasteiger partial charge is 0.306 e. The average molecular weight is 1220 g/mol. The van der Waals surface area contributed by atoms with E-state index in [0.717, 1.165) is 57.8 Å². The first-order valence-corrected chi connectivity index (χ1v) is 39.5. The highest BCUT2D eigenvalue weighted by Crippen LogP contribution is 2.38. The van der Waals surface area contributed by atoms with Crippen molar-refractivity contribution >= 4 is 19.7 Å². The number of phosphoric acid groups is 1. The van der Waals surface area contributed by atoms with Gasteiger partial charge in [0.1, 0.15) is 19.3 Å². The molecule has 85 heavy (non-hydrogen) atoms. The molecule has 0 radical (unpaired) electrons. The molecule has 0 aromatic heterocycles. The average Bonchev–Trinajstić information content (AvgIpc) is 3.51. The predicted molar refractivity (Wildman–Crippen MR) is 367 cm³/mol. The Morgan fingerprint density at radius 2 is 0.671 bits per heavy atom. The van der Waals surface area contributed by atoms with Gasteiger partial charge >= 0.3 is 5.97 Å². The first kappa shape index (κ1) is 83.8. The van der Waals surface area contributed by atoms with Crippen molar-refractivity contribution in [3.63, 3.8) is 0 Å². The molecule has 0 rings (SSSR count). The van der Waals surface area contributed by atoms with E-state index in [1.54, 1.807) is 0 Å². The molecular weight excluding hydrogens is 1070 g/mol. The summed E-state index contributed by atoms with van der Waals surface area (Å²) in [5, 5.41) is 3.06. The number of rotatable bonds is 71. The predicted octanol–water partition coefficient (Wildman–Crippen LogP) is 23.6. The monoisotopic (exact) mass is 1220 g/mol. The van der Waals surface area contributed by atoms with Gasteiger partial charge in [-0.25, -0.2) is 0 Å². The minimum atomic E-state index is -4.70. The Bertz CT molecular complexity index is 1450. The van der Waals surface area contributed by atoms with E-state index in [2.05, 4.69) is 26.1 Å². The van der Waals surface area contributed by atoms with Crippen molar-refractivity contribution in [1.29, 1.82) is 0 Å². The summed E-state index contributed by atoms with van der Waals surface area (Å²) in [5.74, 6) is -0.510. The SMILES string of the molecule is CCCCCCCCCCCCC/C=C\C(OC(=O)CCCCCCCCCCCCCCCCCCCCCCCCCCCCC)C(COP(=O)([O-])OCC[N+](C)(C)C)NC(=O)CCCCCCCCCCCCCCCCCCCCC. The number of amides is 1. The number of quaternary nitrogens is 1. The molecule has 0 aliphatic heterocycles. The molecule has 0 aliphatic rings. The summed E-state index contributed by atoms with van der Waals surface area (Å²) in [6, 6.07) is -0.881. The van der Waals surface area contributed by atoms with Crippen LogP contribution in [-0.4, -0.2) is 69.4 Å². The maximum Gasteiger partial charge on any atom is 0.306 e. The number of nitrogens with zero attached hydrogens (tertiary/aromatic N) is 1. The molecule has 0 heterocycles. The molecule has 0 aromatic rings. The first-order valence-electron chi connectivity index (χ1n) is 38.0. The number of ether oxygens (including phenoxy) is 1. The zero-order valence-corrected chi connectivity index (χ0v) is 59.0. The second-order valence-electron chi connectivity index (χ2n) is 27.5. The lowest BCUT2D eigenvalue weighted by molar-refractivity contribution is -0.870. The highest BCUT2D eigenvalue weighted by atomic mass is 31.2. The Morgan fingerprint density at radius 3 is 0.965 bits per heavy atom. The van der Waals surface area contributed by atoms with Gasteiger partial charge < -0.3 is 28.5 Å². The van der Waals surface area contributed by atoms with Crippen molar-refractivity contribution < 1.29 is 37.3 Å². The molecule has 3 unspecified atom stereocenters. The molecule has 1 amide bonds. The number of likely N-dealkylation sites (N-methyl/N-ethyl adjacent to an activating group) is 1. The number of carbonyl (C=O) groups excluding carboxylic acids is 2. The Labute approximate surface area is 531 Å². The largest absolute Gasteiger partial charge is 0.756 e. The minimum absolute atomic E-state index is 0.0162. The quantitative estimate of drug-likeness (QED) is 0.0212. The Kier molecular flexibility index (Phi) is 64.7. The van der Waals surface area contributed by atoms with Gasteiger partial charge in [-0.15, -0.1) is 0 Å². The van der Waals surface area contributed by atoms with Crippen LogP contribution in [0.25, 0.3) is 0 Å². The van der Waals surface area contributed by atoms with E-state index in [0.29, 0.717) is 17.4 Å². The molecule has 0 aliphatic carbocycles. The van der Waals surface area contributed by atoms with Crippen LogP contribution in [0.5, 0.6) is 0 Å². The van der Waals surface area contributed by atoms with E-state index in [4.69, 9.17) is 13.8 Å². The number of esters is 1. The number of unbranched alkanes of at least 4 members (excludes halogenated alkanes) is 55. The number of nitrogens with one attached hydrogen (secondary N) is 1. The van der Waals surface area contributed by atoms with Crippen LogP contribution < -0.4 is 10.2 Å². The molecule has 0 saturated carbocycles. The summed E-state index contributed by atoms with van der Waals surface area (Å²) in [4.78, 5) is 40.3. The van der Waals surface area contributed by atoms with Crippen molar-refractivity contribution in [3.8, 4) is 0 Å².